The number of carboxylic acids is 1. The monoisotopic (exact) mass is 346 g/mol. The molecule has 0 aromatic carbocycles. The van der Waals surface area contributed by atoms with Crippen molar-refractivity contribution in [2.75, 3.05) is 0 Å². The zero-order chi connectivity index (χ0) is 18.0. The molecular weight excluding hydrogens is 324 g/mol. The van der Waals surface area contributed by atoms with Gasteiger partial charge in [-0.25, -0.2) is 0 Å². The van der Waals surface area contributed by atoms with Gasteiger partial charge in [-0.05, 0) is 49.7 Å². The normalized spacial score (nSPS) is 58.0. The molecule has 5 aliphatic rings. The topological polar surface area (TPSA) is 104 Å². The fourth-order valence-corrected chi connectivity index (χ4v) is 7.13. The lowest BCUT2D eigenvalue weighted by Gasteiger charge is -2.44. The zero-order valence-corrected chi connectivity index (χ0v) is 14.1. The summed E-state index contributed by atoms with van der Waals surface area (Å²) in [5.41, 5.74) is -3.29. The number of carbonyl (C=O) groups excluding carboxylic acids is 1. The molecule has 25 heavy (non-hydrogen) atoms. The van der Waals surface area contributed by atoms with Crippen LogP contribution in [0.15, 0.2) is 24.3 Å². The van der Waals surface area contributed by atoms with Crippen molar-refractivity contribution < 1.29 is 29.6 Å². The molecule has 134 valence electrons. The van der Waals surface area contributed by atoms with Gasteiger partial charge in [0.25, 0.3) is 0 Å². The molecule has 8 atom stereocenters. The Hall–Kier alpha value is -1.66. The molecule has 1 unspecified atom stereocenters. The van der Waals surface area contributed by atoms with Gasteiger partial charge in [0.2, 0.25) is 0 Å². The van der Waals surface area contributed by atoms with Gasteiger partial charge in [0.1, 0.15) is 11.0 Å². The van der Waals surface area contributed by atoms with Crippen LogP contribution < -0.4 is 0 Å². The average molecular weight is 346 g/mol. The third-order valence-corrected chi connectivity index (χ3v) is 8.12. The van der Waals surface area contributed by atoms with E-state index in [2.05, 4.69) is 6.58 Å². The number of aliphatic hydroxyl groups is 2. The first-order chi connectivity index (χ1) is 11.6. The predicted molar refractivity (Wildman–Crippen MR) is 85.2 cm³/mol. The largest absolute Gasteiger partial charge is 0.481 e. The van der Waals surface area contributed by atoms with Gasteiger partial charge in [-0.3, -0.25) is 9.59 Å². The molecule has 6 nitrogen and oxygen atoms in total. The second-order valence-corrected chi connectivity index (χ2v) is 8.94. The van der Waals surface area contributed by atoms with Crippen molar-refractivity contribution in [3.63, 3.8) is 0 Å². The Morgan fingerprint density at radius 1 is 1.44 bits per heavy atom. The van der Waals surface area contributed by atoms with Crippen LogP contribution in [0.1, 0.15) is 32.6 Å². The minimum absolute atomic E-state index is 0.180. The molecule has 3 N–H and O–H groups in total. The van der Waals surface area contributed by atoms with Crippen LogP contribution in [0.25, 0.3) is 0 Å². The number of esters is 1. The first-order valence-corrected chi connectivity index (χ1v) is 8.86. The maximum absolute atomic E-state index is 12.7. The van der Waals surface area contributed by atoms with E-state index in [0.717, 1.165) is 0 Å². The van der Waals surface area contributed by atoms with E-state index in [4.69, 9.17) is 4.74 Å². The standard InChI is InChI=1S/C19H22O6/c1-9-7-17-8-18(9,24)5-3-10(17)19-6-4-11(20)16(2,15(23)25-19)13(19)12(17)14(21)22/h4,6,10-13,20,24H,1,3,5,7-8H2,2H3,(H,21,22)/t10?,11-,12+,13+,16-,17-,18-,19+/m0/s1. The molecule has 4 bridgehead atoms. The van der Waals surface area contributed by atoms with Crippen LogP contribution in [0.3, 0.4) is 0 Å². The first-order valence-electron chi connectivity index (χ1n) is 8.86. The highest BCUT2D eigenvalue weighted by atomic mass is 16.6. The molecule has 3 saturated carbocycles. The van der Waals surface area contributed by atoms with Crippen molar-refractivity contribution in [2.24, 2.45) is 28.6 Å². The van der Waals surface area contributed by atoms with E-state index in [9.17, 15) is 24.9 Å². The van der Waals surface area contributed by atoms with Crippen LogP contribution in [-0.4, -0.2) is 44.6 Å². The molecule has 0 amide bonds. The number of hydrogen-bond acceptors (Lipinski definition) is 5. The summed E-state index contributed by atoms with van der Waals surface area (Å²) < 4.78 is 5.87. The van der Waals surface area contributed by atoms with Crippen molar-refractivity contribution in [2.45, 2.75) is 49.9 Å². The lowest BCUT2D eigenvalue weighted by Crippen LogP contribution is -2.50. The second kappa shape index (κ2) is 4.01. The van der Waals surface area contributed by atoms with Gasteiger partial charge >= 0.3 is 11.9 Å². The van der Waals surface area contributed by atoms with Crippen LogP contribution >= 0.6 is 0 Å². The summed E-state index contributed by atoms with van der Waals surface area (Å²) in [5.74, 6) is -3.18. The second-order valence-electron chi connectivity index (χ2n) is 8.94. The highest BCUT2D eigenvalue weighted by Gasteiger charge is 2.83. The molecule has 0 radical (unpaired) electrons. The summed E-state index contributed by atoms with van der Waals surface area (Å²) in [4.78, 5) is 25.1. The third-order valence-electron chi connectivity index (χ3n) is 8.12. The number of fused-ring (bicyclic) bond motifs is 1. The smallest absolute Gasteiger partial charge is 0.316 e. The van der Waals surface area contributed by atoms with Crippen LogP contribution in [0, 0.1) is 28.6 Å². The summed E-state index contributed by atoms with van der Waals surface area (Å²) in [6, 6.07) is 0. The molecule has 0 aromatic heterocycles. The Morgan fingerprint density at radius 3 is 2.84 bits per heavy atom. The molecule has 5 rings (SSSR count). The van der Waals surface area contributed by atoms with Gasteiger partial charge < -0.3 is 20.1 Å². The van der Waals surface area contributed by atoms with Crippen LogP contribution in [-0.2, 0) is 14.3 Å². The van der Waals surface area contributed by atoms with E-state index < -0.39 is 51.9 Å². The molecule has 1 spiro atoms. The number of rotatable bonds is 1. The Bertz CT molecular complexity index is 772. The van der Waals surface area contributed by atoms with Crippen molar-refractivity contribution in [1.29, 1.82) is 0 Å². The summed E-state index contributed by atoms with van der Waals surface area (Å²) in [5, 5.41) is 31.6. The molecule has 0 aromatic rings. The summed E-state index contributed by atoms with van der Waals surface area (Å²) in [7, 11) is 0. The number of ether oxygens (including phenoxy) is 1. The maximum atomic E-state index is 12.7. The van der Waals surface area contributed by atoms with Gasteiger partial charge in [0, 0.05) is 11.8 Å². The van der Waals surface area contributed by atoms with Gasteiger partial charge in [-0.15, -0.1) is 0 Å². The van der Waals surface area contributed by atoms with E-state index in [0.29, 0.717) is 31.3 Å². The van der Waals surface area contributed by atoms with Gasteiger partial charge in [0.15, 0.2) is 0 Å². The van der Waals surface area contributed by atoms with Gasteiger partial charge in [-0.2, -0.15) is 0 Å². The Morgan fingerprint density at radius 2 is 2.16 bits per heavy atom. The lowest BCUT2D eigenvalue weighted by atomic mass is 9.61. The Balaban J connectivity index is 1.78. The minimum atomic E-state index is -1.27. The molecular formula is C19H22O6. The predicted octanol–water partition coefficient (Wildman–Crippen LogP) is 1.03. The maximum Gasteiger partial charge on any atom is 0.316 e. The van der Waals surface area contributed by atoms with Crippen molar-refractivity contribution in [3.8, 4) is 0 Å². The van der Waals surface area contributed by atoms with Crippen LogP contribution in [0.4, 0.5) is 0 Å². The van der Waals surface area contributed by atoms with Crippen molar-refractivity contribution in [1.82, 2.24) is 0 Å². The summed E-state index contributed by atoms with van der Waals surface area (Å²) in [6.45, 7) is 5.64. The number of aliphatic carboxylic acids is 1. The fourth-order valence-electron chi connectivity index (χ4n) is 7.13. The molecule has 4 fully saturated rings. The van der Waals surface area contributed by atoms with E-state index in [1.54, 1.807) is 19.1 Å². The van der Waals surface area contributed by atoms with E-state index >= 15 is 0 Å². The first kappa shape index (κ1) is 15.6. The zero-order valence-electron chi connectivity index (χ0n) is 14.1. The minimum Gasteiger partial charge on any atom is -0.481 e. The molecule has 1 heterocycles. The van der Waals surface area contributed by atoms with E-state index in [1.807, 2.05) is 0 Å². The number of hydrogen-bond donors (Lipinski definition) is 3. The molecule has 1 saturated heterocycles. The fraction of sp³-hybridized carbons (Fsp3) is 0.684. The summed E-state index contributed by atoms with van der Waals surface area (Å²) in [6.07, 6.45) is 4.11. The van der Waals surface area contributed by atoms with Crippen LogP contribution in [0.5, 0.6) is 0 Å². The number of carbonyl (C=O) groups is 2. The lowest BCUT2D eigenvalue weighted by molar-refractivity contribution is -0.163. The SMILES string of the molecule is C=C1C[C@]23C[C@@]1(O)CCC2[C@@]12C=C[C@H](O)[C@](C)(C(=O)O1)[C@H]2[C@@H]3C(=O)O. The van der Waals surface area contributed by atoms with Gasteiger partial charge in [0.05, 0.1) is 17.6 Å². The third kappa shape index (κ3) is 1.36. The van der Waals surface area contributed by atoms with Crippen molar-refractivity contribution in [3.05, 3.63) is 24.3 Å². The average Bonchev–Trinajstić information content (AvgIpc) is 2.95. The summed E-state index contributed by atoms with van der Waals surface area (Å²) >= 11 is 0. The van der Waals surface area contributed by atoms with Gasteiger partial charge in [-0.1, -0.05) is 12.7 Å². The number of carboxylic acid groups (broad SMARTS) is 1. The Kier molecular flexibility index (Phi) is 2.50. The molecule has 4 aliphatic carbocycles. The molecule has 1 aliphatic heterocycles. The van der Waals surface area contributed by atoms with E-state index in [1.165, 1.54) is 0 Å². The highest BCUT2D eigenvalue weighted by Crippen LogP contribution is 2.77. The van der Waals surface area contributed by atoms with Crippen molar-refractivity contribution >= 4 is 11.9 Å². The highest BCUT2D eigenvalue weighted by molar-refractivity contribution is 5.86. The molecule has 6 heteroatoms. The number of aliphatic hydroxyl groups excluding tert-OH is 1. The Labute approximate surface area is 145 Å². The van der Waals surface area contributed by atoms with Crippen LogP contribution in [0.2, 0.25) is 0 Å². The van der Waals surface area contributed by atoms with E-state index in [-0.39, 0.29) is 5.92 Å². The quantitative estimate of drug-likeness (QED) is 0.484.